The van der Waals surface area contributed by atoms with Crippen molar-refractivity contribution in [2.75, 3.05) is 7.11 Å². The van der Waals surface area contributed by atoms with Gasteiger partial charge in [0.2, 0.25) is 34.8 Å². The van der Waals surface area contributed by atoms with Gasteiger partial charge in [0, 0.05) is 5.39 Å². The standard InChI is InChI=1S/C20H15F5NO4P/c1-10(20(27)28-2)26-31(29-13-9-5-7-11-6-3-4-8-12(11)13)30-19-17(24)15(22)14(21)16(23)18(19)25/h3-10,26H,1-2H3/t10-,31-/m0/s1. The zero-order valence-corrected chi connectivity index (χ0v) is 17.0. The van der Waals surface area contributed by atoms with Gasteiger partial charge in [-0.05, 0) is 18.4 Å². The Morgan fingerprint density at radius 3 is 2.10 bits per heavy atom. The van der Waals surface area contributed by atoms with Crippen LogP contribution in [0.25, 0.3) is 10.8 Å². The average molecular weight is 459 g/mol. The Labute approximate surface area is 174 Å². The number of carbonyl (C=O) groups is 1. The van der Waals surface area contributed by atoms with Crippen LogP contribution in [0.2, 0.25) is 0 Å². The summed E-state index contributed by atoms with van der Waals surface area (Å²) in [5.41, 5.74) is 0. The van der Waals surface area contributed by atoms with E-state index in [1.165, 1.54) is 13.0 Å². The zero-order valence-electron chi connectivity index (χ0n) is 16.1. The third-order valence-electron chi connectivity index (χ3n) is 4.13. The Bertz CT molecular complexity index is 1100. The van der Waals surface area contributed by atoms with Crippen molar-refractivity contribution in [1.29, 1.82) is 0 Å². The van der Waals surface area contributed by atoms with Gasteiger partial charge in [-0.25, -0.2) is 18.3 Å². The molecule has 0 aliphatic rings. The molecular formula is C20H15F5NO4P. The van der Waals surface area contributed by atoms with Gasteiger partial charge in [-0.15, -0.1) is 0 Å². The minimum atomic E-state index is -2.62. The van der Waals surface area contributed by atoms with Crippen molar-refractivity contribution in [1.82, 2.24) is 5.09 Å². The highest BCUT2D eigenvalue weighted by Crippen LogP contribution is 2.43. The van der Waals surface area contributed by atoms with E-state index in [1.54, 1.807) is 36.4 Å². The Kier molecular flexibility index (Phi) is 6.92. The second kappa shape index (κ2) is 9.45. The zero-order chi connectivity index (χ0) is 22.7. The number of carbonyl (C=O) groups excluding carboxylic acids is 1. The normalized spacial score (nSPS) is 13.0. The summed E-state index contributed by atoms with van der Waals surface area (Å²) in [6, 6.07) is 10.8. The van der Waals surface area contributed by atoms with E-state index in [0.717, 1.165) is 12.5 Å². The van der Waals surface area contributed by atoms with Gasteiger partial charge >= 0.3 is 14.5 Å². The highest BCUT2D eigenvalue weighted by molar-refractivity contribution is 7.46. The number of hydrogen-bond acceptors (Lipinski definition) is 5. The number of esters is 1. The van der Waals surface area contributed by atoms with Crippen LogP contribution in [0.5, 0.6) is 11.5 Å². The van der Waals surface area contributed by atoms with Crippen molar-refractivity contribution < 1.29 is 40.5 Å². The van der Waals surface area contributed by atoms with E-state index in [-0.39, 0.29) is 5.75 Å². The molecule has 0 aliphatic heterocycles. The van der Waals surface area contributed by atoms with Gasteiger partial charge in [-0.3, -0.25) is 4.79 Å². The molecule has 3 rings (SSSR count). The minimum Gasteiger partial charge on any atom is -0.468 e. The van der Waals surface area contributed by atoms with E-state index in [1.807, 2.05) is 0 Å². The number of nitrogens with one attached hydrogen (secondary N) is 1. The quantitative estimate of drug-likeness (QED) is 0.169. The Morgan fingerprint density at radius 2 is 1.45 bits per heavy atom. The maximum atomic E-state index is 14.1. The molecule has 31 heavy (non-hydrogen) atoms. The molecule has 11 heteroatoms. The lowest BCUT2D eigenvalue weighted by Crippen LogP contribution is -2.33. The molecule has 3 aromatic rings. The van der Waals surface area contributed by atoms with Crippen molar-refractivity contribution >= 4 is 25.3 Å². The van der Waals surface area contributed by atoms with Gasteiger partial charge < -0.3 is 13.8 Å². The third kappa shape index (κ3) is 4.70. The number of hydrogen-bond donors (Lipinski definition) is 1. The van der Waals surface area contributed by atoms with Gasteiger partial charge in [0.15, 0.2) is 0 Å². The molecule has 0 heterocycles. The van der Waals surface area contributed by atoms with E-state index < -0.39 is 55.4 Å². The van der Waals surface area contributed by atoms with E-state index in [4.69, 9.17) is 9.05 Å². The number of fused-ring (bicyclic) bond motifs is 1. The average Bonchev–Trinajstić information content (AvgIpc) is 2.78. The first kappa shape index (κ1) is 22.7. The number of ether oxygens (including phenoxy) is 1. The van der Waals surface area contributed by atoms with Crippen LogP contribution in [0.15, 0.2) is 42.5 Å². The van der Waals surface area contributed by atoms with Crippen LogP contribution in [-0.2, 0) is 9.53 Å². The SMILES string of the molecule is COC(=O)[C@H](C)N[P@](Oc1c(F)c(F)c(F)c(F)c1F)Oc1cccc2ccccc12. The minimum absolute atomic E-state index is 0.192. The second-order valence-electron chi connectivity index (χ2n) is 6.19. The van der Waals surface area contributed by atoms with Gasteiger partial charge in [-0.1, -0.05) is 36.4 Å². The monoisotopic (exact) mass is 459 g/mol. The van der Waals surface area contributed by atoms with Gasteiger partial charge in [-0.2, -0.15) is 8.78 Å². The highest BCUT2D eigenvalue weighted by atomic mass is 31.2. The summed E-state index contributed by atoms with van der Waals surface area (Å²) < 4.78 is 83.9. The first-order chi connectivity index (χ1) is 14.7. The molecule has 0 bridgehead atoms. The summed E-state index contributed by atoms with van der Waals surface area (Å²) in [4.78, 5) is 11.7. The number of halogens is 5. The summed E-state index contributed by atoms with van der Waals surface area (Å²) >= 11 is 0. The number of methoxy groups -OCH3 is 1. The number of benzene rings is 3. The van der Waals surface area contributed by atoms with Crippen LogP contribution in [-0.4, -0.2) is 19.1 Å². The second-order valence-corrected chi connectivity index (χ2v) is 7.33. The van der Waals surface area contributed by atoms with Crippen LogP contribution in [0.3, 0.4) is 0 Å². The summed E-state index contributed by atoms with van der Waals surface area (Å²) in [7, 11) is -1.51. The topological polar surface area (TPSA) is 56.8 Å². The van der Waals surface area contributed by atoms with Gasteiger partial charge in [0.25, 0.3) is 0 Å². The molecule has 0 aromatic heterocycles. The predicted octanol–water partition coefficient (Wildman–Crippen LogP) is 5.37. The van der Waals surface area contributed by atoms with E-state index >= 15 is 0 Å². The Hall–Kier alpha value is -2.97. The summed E-state index contributed by atoms with van der Waals surface area (Å²) in [5.74, 6) is -13.1. The summed E-state index contributed by atoms with van der Waals surface area (Å²) in [5, 5.41) is 3.86. The molecule has 1 N–H and O–H groups in total. The molecule has 0 unspecified atom stereocenters. The molecular weight excluding hydrogens is 444 g/mol. The van der Waals surface area contributed by atoms with Gasteiger partial charge in [0.05, 0.1) is 7.11 Å². The fraction of sp³-hybridized carbons (Fsp3) is 0.150. The van der Waals surface area contributed by atoms with E-state index in [2.05, 4.69) is 9.82 Å². The van der Waals surface area contributed by atoms with Crippen molar-refractivity contribution in [3.63, 3.8) is 0 Å². The van der Waals surface area contributed by atoms with Crippen molar-refractivity contribution in [3.05, 3.63) is 71.6 Å². The Morgan fingerprint density at radius 1 is 0.871 bits per heavy atom. The molecule has 0 fully saturated rings. The molecule has 5 nitrogen and oxygen atoms in total. The maximum absolute atomic E-state index is 14.1. The molecule has 3 aromatic carbocycles. The molecule has 2 atom stereocenters. The molecule has 0 radical (unpaired) electrons. The van der Waals surface area contributed by atoms with Gasteiger partial charge in [0.1, 0.15) is 11.8 Å². The van der Waals surface area contributed by atoms with E-state index in [0.29, 0.717) is 5.39 Å². The molecule has 0 spiro atoms. The van der Waals surface area contributed by atoms with Crippen molar-refractivity contribution in [2.24, 2.45) is 0 Å². The smallest absolute Gasteiger partial charge is 0.382 e. The maximum Gasteiger partial charge on any atom is 0.382 e. The van der Waals surface area contributed by atoms with Crippen LogP contribution in [0, 0.1) is 29.1 Å². The van der Waals surface area contributed by atoms with Crippen molar-refractivity contribution in [3.8, 4) is 11.5 Å². The lowest BCUT2D eigenvalue weighted by atomic mass is 10.1. The first-order valence-electron chi connectivity index (χ1n) is 8.73. The largest absolute Gasteiger partial charge is 0.468 e. The molecule has 164 valence electrons. The fourth-order valence-electron chi connectivity index (χ4n) is 2.57. The predicted molar refractivity (Wildman–Crippen MR) is 103 cm³/mol. The summed E-state index contributed by atoms with van der Waals surface area (Å²) in [6.07, 6.45) is 0. The van der Waals surface area contributed by atoms with Crippen LogP contribution < -0.4 is 14.1 Å². The van der Waals surface area contributed by atoms with E-state index in [9.17, 15) is 26.7 Å². The first-order valence-corrected chi connectivity index (χ1v) is 9.91. The van der Waals surface area contributed by atoms with Crippen LogP contribution in [0.4, 0.5) is 22.0 Å². The summed E-state index contributed by atoms with van der Waals surface area (Å²) in [6.45, 7) is 1.34. The lowest BCUT2D eigenvalue weighted by Gasteiger charge is -2.22. The van der Waals surface area contributed by atoms with Crippen molar-refractivity contribution in [2.45, 2.75) is 13.0 Å². The molecule has 0 saturated heterocycles. The highest BCUT2D eigenvalue weighted by Gasteiger charge is 2.32. The molecule has 0 saturated carbocycles. The number of rotatable bonds is 7. The molecule has 0 aliphatic carbocycles. The Balaban J connectivity index is 2.01. The molecule has 0 amide bonds. The third-order valence-corrected chi connectivity index (χ3v) is 5.44. The van der Waals surface area contributed by atoms with Crippen LogP contribution in [0.1, 0.15) is 6.92 Å². The van der Waals surface area contributed by atoms with Crippen LogP contribution >= 0.6 is 8.53 Å². The lowest BCUT2D eigenvalue weighted by molar-refractivity contribution is -0.142. The fourth-order valence-corrected chi connectivity index (χ4v) is 3.80.